The molecule has 0 N–H and O–H groups in total. The number of amides is 1. The fourth-order valence-corrected chi connectivity index (χ4v) is 3.93. The van der Waals surface area contributed by atoms with Crippen molar-refractivity contribution >= 4 is 11.7 Å². The number of fused-ring (bicyclic) bond motifs is 1. The van der Waals surface area contributed by atoms with Crippen molar-refractivity contribution < 1.29 is 18.7 Å². The molecule has 0 spiro atoms. The third kappa shape index (κ3) is 3.14. The highest BCUT2D eigenvalue weighted by Crippen LogP contribution is 2.34. The van der Waals surface area contributed by atoms with Crippen LogP contribution in [-0.2, 0) is 0 Å². The first-order chi connectivity index (χ1) is 12.5. The van der Waals surface area contributed by atoms with Gasteiger partial charge in [-0.2, -0.15) is 0 Å². The predicted octanol–water partition coefficient (Wildman–Crippen LogP) is 3.78. The number of Topliss-reactive ketones (excluding diaryl/α,β-unsaturated/α-hetero) is 1. The second kappa shape index (κ2) is 6.63. The minimum absolute atomic E-state index is 0.0824. The van der Waals surface area contributed by atoms with Gasteiger partial charge in [0.15, 0.2) is 11.5 Å². The van der Waals surface area contributed by atoms with E-state index in [9.17, 15) is 9.59 Å². The number of benzene rings is 1. The molecule has 0 saturated carbocycles. The summed E-state index contributed by atoms with van der Waals surface area (Å²) in [5.74, 6) is 1.98. The second-order valence-corrected chi connectivity index (χ2v) is 7.35. The summed E-state index contributed by atoms with van der Waals surface area (Å²) in [5, 5.41) is 0. The van der Waals surface area contributed by atoms with Crippen LogP contribution in [-0.4, -0.2) is 35.8 Å². The quantitative estimate of drug-likeness (QED) is 0.824. The number of ketones is 1. The first-order valence-corrected chi connectivity index (χ1v) is 9.17. The lowest BCUT2D eigenvalue weighted by Crippen LogP contribution is -2.46. The summed E-state index contributed by atoms with van der Waals surface area (Å²) in [6.07, 6.45) is 2.07. The van der Waals surface area contributed by atoms with E-state index in [1.807, 2.05) is 36.9 Å². The molecule has 136 valence electrons. The van der Waals surface area contributed by atoms with Gasteiger partial charge in [-0.05, 0) is 51.0 Å². The van der Waals surface area contributed by atoms with Crippen LogP contribution >= 0.6 is 0 Å². The van der Waals surface area contributed by atoms with E-state index in [1.165, 1.54) is 0 Å². The van der Waals surface area contributed by atoms with Crippen molar-refractivity contribution in [2.24, 2.45) is 5.92 Å². The smallest absolute Gasteiger partial charge is 0.289 e. The maximum Gasteiger partial charge on any atom is 0.289 e. The number of hydrogen-bond acceptors (Lipinski definition) is 4. The lowest BCUT2D eigenvalue weighted by molar-refractivity contribution is 0.0391. The lowest BCUT2D eigenvalue weighted by Gasteiger charge is -2.38. The molecule has 1 saturated heterocycles. The summed E-state index contributed by atoms with van der Waals surface area (Å²) in [7, 11) is 0. The fraction of sp³-hybridized carbons (Fsp3) is 0.429. The molecule has 0 bridgehead atoms. The van der Waals surface area contributed by atoms with E-state index in [4.69, 9.17) is 9.15 Å². The third-order valence-corrected chi connectivity index (χ3v) is 5.32. The summed E-state index contributed by atoms with van der Waals surface area (Å²) in [4.78, 5) is 27.0. The van der Waals surface area contributed by atoms with E-state index in [0.717, 1.165) is 24.2 Å². The van der Waals surface area contributed by atoms with E-state index in [0.29, 0.717) is 36.6 Å². The Morgan fingerprint density at radius 1 is 1.19 bits per heavy atom. The van der Waals surface area contributed by atoms with E-state index in [-0.39, 0.29) is 23.7 Å². The van der Waals surface area contributed by atoms with Crippen molar-refractivity contribution in [2.75, 3.05) is 13.1 Å². The molecule has 1 aromatic carbocycles. The van der Waals surface area contributed by atoms with Gasteiger partial charge in [0.05, 0.1) is 5.56 Å². The number of rotatable bonds is 2. The minimum Gasteiger partial charge on any atom is -0.489 e. The molecule has 1 aromatic heterocycles. The van der Waals surface area contributed by atoms with Crippen molar-refractivity contribution in [3.8, 4) is 5.75 Å². The Morgan fingerprint density at radius 2 is 2.04 bits per heavy atom. The Balaban J connectivity index is 1.49. The number of carbonyl (C=O) groups is 2. The van der Waals surface area contributed by atoms with Crippen LogP contribution in [0.25, 0.3) is 0 Å². The lowest BCUT2D eigenvalue weighted by atomic mass is 9.86. The van der Waals surface area contributed by atoms with Gasteiger partial charge in [0.2, 0.25) is 0 Å². The van der Waals surface area contributed by atoms with Gasteiger partial charge in [0.1, 0.15) is 17.6 Å². The van der Waals surface area contributed by atoms with Crippen LogP contribution in [0.5, 0.6) is 5.75 Å². The zero-order valence-electron chi connectivity index (χ0n) is 15.2. The molecule has 2 atom stereocenters. The predicted molar refractivity (Wildman–Crippen MR) is 96.6 cm³/mol. The Morgan fingerprint density at radius 3 is 2.81 bits per heavy atom. The van der Waals surface area contributed by atoms with E-state index >= 15 is 0 Å². The molecule has 5 heteroatoms. The number of piperidine rings is 1. The number of aryl methyl sites for hydroxylation is 2. The molecule has 0 radical (unpaired) electrons. The van der Waals surface area contributed by atoms with Gasteiger partial charge >= 0.3 is 0 Å². The topological polar surface area (TPSA) is 59.8 Å². The van der Waals surface area contributed by atoms with Crippen LogP contribution in [0.15, 0.2) is 34.7 Å². The molecule has 2 unspecified atom stereocenters. The molecule has 5 nitrogen and oxygen atoms in total. The van der Waals surface area contributed by atoms with Gasteiger partial charge < -0.3 is 14.1 Å². The zero-order chi connectivity index (χ0) is 18.3. The average molecular weight is 353 g/mol. The summed E-state index contributed by atoms with van der Waals surface area (Å²) >= 11 is 0. The number of nitrogens with zero attached hydrogens (tertiary/aromatic N) is 1. The highest BCUT2D eigenvalue weighted by Gasteiger charge is 2.36. The molecule has 2 aromatic rings. The Hall–Kier alpha value is -2.56. The van der Waals surface area contributed by atoms with Crippen molar-refractivity contribution in [1.82, 2.24) is 4.90 Å². The van der Waals surface area contributed by atoms with E-state index in [2.05, 4.69) is 0 Å². The summed E-state index contributed by atoms with van der Waals surface area (Å²) < 4.78 is 11.6. The van der Waals surface area contributed by atoms with Gasteiger partial charge in [0, 0.05) is 25.4 Å². The second-order valence-electron chi connectivity index (χ2n) is 7.35. The Kier molecular flexibility index (Phi) is 4.31. The summed E-state index contributed by atoms with van der Waals surface area (Å²) in [5.41, 5.74) is 1.73. The molecule has 3 heterocycles. The highest BCUT2D eigenvalue weighted by atomic mass is 16.5. The average Bonchev–Trinajstić information content (AvgIpc) is 3.08. The van der Waals surface area contributed by atoms with Crippen LogP contribution in [0.3, 0.4) is 0 Å². The van der Waals surface area contributed by atoms with Gasteiger partial charge in [-0.15, -0.1) is 0 Å². The largest absolute Gasteiger partial charge is 0.489 e. The first kappa shape index (κ1) is 16.9. The van der Waals surface area contributed by atoms with Crippen LogP contribution in [0.2, 0.25) is 0 Å². The van der Waals surface area contributed by atoms with Gasteiger partial charge in [0.25, 0.3) is 5.91 Å². The van der Waals surface area contributed by atoms with Crippen molar-refractivity contribution in [3.63, 3.8) is 0 Å². The van der Waals surface area contributed by atoms with Crippen molar-refractivity contribution in [1.29, 1.82) is 0 Å². The number of likely N-dealkylation sites (tertiary alicyclic amines) is 1. The third-order valence-electron chi connectivity index (χ3n) is 5.32. The highest BCUT2D eigenvalue weighted by molar-refractivity contribution is 6.00. The molecule has 26 heavy (non-hydrogen) atoms. The molecule has 0 aliphatic carbocycles. The Labute approximate surface area is 152 Å². The van der Waals surface area contributed by atoms with Gasteiger partial charge in [-0.3, -0.25) is 9.59 Å². The molecule has 1 fully saturated rings. The van der Waals surface area contributed by atoms with Crippen LogP contribution in [0.1, 0.15) is 51.5 Å². The first-order valence-electron chi connectivity index (χ1n) is 9.17. The van der Waals surface area contributed by atoms with Crippen molar-refractivity contribution in [2.45, 2.75) is 39.2 Å². The fourth-order valence-electron chi connectivity index (χ4n) is 3.93. The van der Waals surface area contributed by atoms with Gasteiger partial charge in [-0.1, -0.05) is 11.6 Å². The standard InChI is InChI=1S/C21H23NO4/c1-13-5-7-18-16(10-13)17(23)11-20(26-18)15-4-3-9-22(12-15)21(24)19-8-6-14(2)25-19/h5-8,10,15,20H,3-4,9,11-12H2,1-2H3. The SMILES string of the molecule is Cc1ccc2c(c1)C(=O)CC(C1CCCN(C(=O)c3ccc(C)o3)C1)O2. The maximum atomic E-state index is 12.7. The number of carbonyl (C=O) groups excluding carboxylic acids is 2. The molecule has 1 amide bonds. The normalized spacial score (nSPS) is 22.7. The van der Waals surface area contributed by atoms with Crippen LogP contribution in [0, 0.1) is 19.8 Å². The summed E-state index contributed by atoms with van der Waals surface area (Å²) in [6.45, 7) is 5.11. The molecule has 2 aliphatic heterocycles. The monoisotopic (exact) mass is 353 g/mol. The molecular formula is C21H23NO4. The number of furan rings is 1. The number of hydrogen-bond donors (Lipinski definition) is 0. The molecule has 2 aliphatic rings. The molecule has 4 rings (SSSR count). The van der Waals surface area contributed by atoms with E-state index < -0.39 is 0 Å². The molecular weight excluding hydrogens is 330 g/mol. The van der Waals surface area contributed by atoms with Crippen LogP contribution in [0.4, 0.5) is 0 Å². The maximum absolute atomic E-state index is 12.7. The van der Waals surface area contributed by atoms with Gasteiger partial charge in [-0.25, -0.2) is 0 Å². The number of ether oxygens (including phenoxy) is 1. The van der Waals surface area contributed by atoms with E-state index in [1.54, 1.807) is 12.1 Å². The van der Waals surface area contributed by atoms with Crippen LogP contribution < -0.4 is 4.74 Å². The minimum atomic E-state index is -0.174. The van der Waals surface area contributed by atoms with Crippen molar-refractivity contribution in [3.05, 3.63) is 53.0 Å². The zero-order valence-corrected chi connectivity index (χ0v) is 15.2. The summed E-state index contributed by atoms with van der Waals surface area (Å²) in [6, 6.07) is 9.26. The Bertz CT molecular complexity index is 853.